The smallest absolute Gasteiger partial charge is 0.0450 e. The molecule has 4 aliphatic carbocycles. The number of hydrogen-bond acceptors (Lipinski definition) is 0. The van der Waals surface area contributed by atoms with Gasteiger partial charge in [0.15, 0.2) is 0 Å². The minimum Gasteiger partial charge on any atom is -0.0804 e. The Kier molecular flexibility index (Phi) is 5.13. The molecule has 6 rings (SSSR count). The first-order valence-corrected chi connectivity index (χ1v) is 12.9. The molecule has 0 radical (unpaired) electrons. The van der Waals surface area contributed by atoms with Gasteiger partial charge in [0.1, 0.15) is 0 Å². The third-order valence-corrected chi connectivity index (χ3v) is 9.46. The van der Waals surface area contributed by atoms with Crippen molar-refractivity contribution in [3.63, 3.8) is 0 Å². The fourth-order valence-electron chi connectivity index (χ4n) is 8.57. The molecular weight excluding hydrogens is 372 g/mol. The van der Waals surface area contributed by atoms with Crippen molar-refractivity contribution in [1.82, 2.24) is 0 Å². The van der Waals surface area contributed by atoms with Crippen molar-refractivity contribution < 1.29 is 0 Å². The standard InChI is InChI=1S/C31H36/c1-3-13-23(14-4-1)31(25-17-7-8-18-25,24-15-5-2-6-16-24)30-28-21-11-9-19-26(28)27-20-10-12-22-29(27)30/h1-8,13-17,26-30H,9-12,18-22H2. The van der Waals surface area contributed by atoms with Crippen molar-refractivity contribution in [2.24, 2.45) is 29.6 Å². The van der Waals surface area contributed by atoms with Gasteiger partial charge in [0.25, 0.3) is 0 Å². The van der Waals surface area contributed by atoms with Gasteiger partial charge in [0.2, 0.25) is 0 Å². The molecule has 0 heteroatoms. The Hall–Kier alpha value is -2.08. The molecule has 4 aliphatic rings. The molecule has 2 aromatic rings. The van der Waals surface area contributed by atoms with Gasteiger partial charge in [-0.2, -0.15) is 0 Å². The highest BCUT2D eigenvalue weighted by molar-refractivity contribution is 5.53. The minimum atomic E-state index is 0.0169. The molecule has 3 saturated carbocycles. The lowest BCUT2D eigenvalue weighted by Gasteiger charge is -2.48. The Bertz CT molecular complexity index is 889. The molecule has 0 N–H and O–H groups in total. The fraction of sp³-hybridized carbons (Fsp3) is 0.484. The summed E-state index contributed by atoms with van der Waals surface area (Å²) < 4.78 is 0. The average molecular weight is 409 g/mol. The van der Waals surface area contributed by atoms with Crippen molar-refractivity contribution in [3.8, 4) is 0 Å². The number of hydrogen-bond donors (Lipinski definition) is 0. The monoisotopic (exact) mass is 408 g/mol. The Morgan fingerprint density at radius 3 is 1.52 bits per heavy atom. The fourth-order valence-corrected chi connectivity index (χ4v) is 8.57. The second-order valence-corrected chi connectivity index (χ2v) is 10.6. The Morgan fingerprint density at radius 1 is 0.581 bits per heavy atom. The van der Waals surface area contributed by atoms with Crippen LogP contribution in [0.4, 0.5) is 0 Å². The van der Waals surface area contributed by atoms with Gasteiger partial charge in [-0.3, -0.25) is 0 Å². The van der Waals surface area contributed by atoms with Crippen LogP contribution in [0, 0.1) is 29.6 Å². The van der Waals surface area contributed by atoms with E-state index in [1.54, 1.807) is 5.57 Å². The molecule has 0 bridgehead atoms. The summed E-state index contributed by atoms with van der Waals surface area (Å²) >= 11 is 0. The summed E-state index contributed by atoms with van der Waals surface area (Å²) in [5, 5.41) is 0. The predicted molar refractivity (Wildman–Crippen MR) is 130 cm³/mol. The number of rotatable bonds is 4. The highest BCUT2D eigenvalue weighted by Gasteiger charge is 2.60. The number of fused-ring (bicyclic) bond motifs is 3. The molecule has 0 spiro atoms. The molecule has 4 atom stereocenters. The highest BCUT2D eigenvalue weighted by Crippen LogP contribution is 2.65. The summed E-state index contributed by atoms with van der Waals surface area (Å²) in [7, 11) is 0. The van der Waals surface area contributed by atoms with Gasteiger partial charge in [-0.25, -0.2) is 0 Å². The molecule has 0 heterocycles. The van der Waals surface area contributed by atoms with Crippen LogP contribution < -0.4 is 0 Å². The number of benzene rings is 2. The van der Waals surface area contributed by atoms with E-state index in [-0.39, 0.29) is 5.41 Å². The zero-order valence-corrected chi connectivity index (χ0v) is 18.8. The maximum absolute atomic E-state index is 2.48. The predicted octanol–water partition coefficient (Wildman–Crippen LogP) is 8.10. The van der Waals surface area contributed by atoms with E-state index in [4.69, 9.17) is 0 Å². The first-order chi connectivity index (χ1) is 15.4. The molecule has 4 unspecified atom stereocenters. The van der Waals surface area contributed by atoms with Gasteiger partial charge in [-0.1, -0.05) is 110 Å². The van der Waals surface area contributed by atoms with Crippen LogP contribution >= 0.6 is 0 Å². The maximum Gasteiger partial charge on any atom is 0.0450 e. The van der Waals surface area contributed by atoms with E-state index >= 15 is 0 Å². The highest BCUT2D eigenvalue weighted by atomic mass is 14.6. The Labute approximate surface area is 188 Å². The zero-order valence-electron chi connectivity index (χ0n) is 18.8. The second-order valence-electron chi connectivity index (χ2n) is 10.6. The third kappa shape index (κ3) is 3.01. The van der Waals surface area contributed by atoms with Crippen molar-refractivity contribution in [3.05, 3.63) is 95.6 Å². The summed E-state index contributed by atoms with van der Waals surface area (Å²) in [6.07, 6.45) is 20.0. The first kappa shape index (κ1) is 19.6. The van der Waals surface area contributed by atoms with Crippen molar-refractivity contribution in [2.45, 2.75) is 63.2 Å². The van der Waals surface area contributed by atoms with Gasteiger partial charge in [-0.05, 0) is 72.8 Å². The van der Waals surface area contributed by atoms with Gasteiger partial charge in [0.05, 0.1) is 0 Å². The lowest BCUT2D eigenvalue weighted by Crippen LogP contribution is -2.44. The van der Waals surface area contributed by atoms with Gasteiger partial charge in [0, 0.05) is 5.41 Å². The Balaban J connectivity index is 1.62. The van der Waals surface area contributed by atoms with Crippen LogP contribution in [0.3, 0.4) is 0 Å². The SMILES string of the molecule is C1=CCC(C(c2ccccc2)(c2ccccc2)C2C3CCCCC3C3CCCCC32)=C1. The summed E-state index contributed by atoms with van der Waals surface area (Å²) in [4.78, 5) is 0. The summed E-state index contributed by atoms with van der Waals surface area (Å²) in [6, 6.07) is 23.3. The molecule has 31 heavy (non-hydrogen) atoms. The molecule has 0 saturated heterocycles. The molecule has 0 amide bonds. The van der Waals surface area contributed by atoms with E-state index in [9.17, 15) is 0 Å². The first-order valence-electron chi connectivity index (χ1n) is 12.9. The van der Waals surface area contributed by atoms with E-state index < -0.39 is 0 Å². The van der Waals surface area contributed by atoms with Gasteiger partial charge >= 0.3 is 0 Å². The molecule has 3 fully saturated rings. The van der Waals surface area contributed by atoms with E-state index in [1.165, 1.54) is 62.5 Å². The lowest BCUT2D eigenvalue weighted by atomic mass is 9.54. The van der Waals surface area contributed by atoms with Crippen molar-refractivity contribution in [2.75, 3.05) is 0 Å². The van der Waals surface area contributed by atoms with Crippen molar-refractivity contribution in [1.29, 1.82) is 0 Å². The summed E-state index contributed by atoms with van der Waals surface area (Å²) in [6.45, 7) is 0. The molecule has 2 aromatic carbocycles. The average Bonchev–Trinajstić information content (AvgIpc) is 3.49. The molecule has 0 aromatic heterocycles. The lowest BCUT2D eigenvalue weighted by molar-refractivity contribution is 0.159. The van der Waals surface area contributed by atoms with Crippen LogP contribution in [0.25, 0.3) is 0 Å². The summed E-state index contributed by atoms with van der Waals surface area (Å²) in [5.41, 5.74) is 4.74. The zero-order chi connectivity index (χ0) is 20.7. The van der Waals surface area contributed by atoms with Crippen LogP contribution in [0.5, 0.6) is 0 Å². The van der Waals surface area contributed by atoms with Gasteiger partial charge < -0.3 is 0 Å². The topological polar surface area (TPSA) is 0 Å². The van der Waals surface area contributed by atoms with Crippen LogP contribution in [0.1, 0.15) is 68.9 Å². The van der Waals surface area contributed by atoms with E-state index in [1.807, 2.05) is 0 Å². The van der Waals surface area contributed by atoms with Gasteiger partial charge in [-0.15, -0.1) is 0 Å². The van der Waals surface area contributed by atoms with Crippen LogP contribution in [0.2, 0.25) is 0 Å². The van der Waals surface area contributed by atoms with Crippen LogP contribution in [0.15, 0.2) is 84.5 Å². The van der Waals surface area contributed by atoms with Crippen molar-refractivity contribution >= 4 is 0 Å². The Morgan fingerprint density at radius 2 is 1.06 bits per heavy atom. The van der Waals surface area contributed by atoms with Crippen LogP contribution in [-0.2, 0) is 5.41 Å². The molecule has 0 aliphatic heterocycles. The number of allylic oxidation sites excluding steroid dienone is 4. The largest absolute Gasteiger partial charge is 0.0804 e. The molecule has 160 valence electrons. The van der Waals surface area contributed by atoms with E-state index in [2.05, 4.69) is 78.9 Å². The second kappa shape index (κ2) is 8.12. The van der Waals surface area contributed by atoms with Crippen LogP contribution in [-0.4, -0.2) is 0 Å². The molecular formula is C31H36. The summed E-state index contributed by atoms with van der Waals surface area (Å²) in [5.74, 6) is 4.42. The maximum atomic E-state index is 2.48. The normalized spacial score (nSPS) is 32.4. The third-order valence-electron chi connectivity index (χ3n) is 9.46. The molecule has 0 nitrogen and oxygen atoms in total. The van der Waals surface area contributed by atoms with E-state index in [0.717, 1.165) is 36.0 Å². The minimum absolute atomic E-state index is 0.0169. The quantitative estimate of drug-likeness (QED) is 0.479. The van der Waals surface area contributed by atoms with E-state index in [0.29, 0.717) is 0 Å².